The molecule has 0 spiro atoms. The van der Waals surface area contributed by atoms with Gasteiger partial charge in [-0.05, 0) is 58.2 Å². The van der Waals surface area contributed by atoms with Gasteiger partial charge in [0.1, 0.15) is 5.82 Å². The van der Waals surface area contributed by atoms with Crippen LogP contribution in [0.1, 0.15) is 51.0 Å². The Bertz CT molecular complexity index is 600. The van der Waals surface area contributed by atoms with Crippen molar-refractivity contribution < 1.29 is 0 Å². The Hall–Kier alpha value is -1.82. The average Bonchev–Trinajstić information content (AvgIpc) is 3.24. The quantitative estimate of drug-likeness (QED) is 0.557. The third-order valence-electron chi connectivity index (χ3n) is 6.07. The van der Waals surface area contributed by atoms with Crippen molar-refractivity contribution in [2.45, 2.75) is 64.5 Å². The number of rotatable bonds is 7. The highest BCUT2D eigenvalue weighted by Crippen LogP contribution is 2.22. The largest absolute Gasteiger partial charge is 0.357 e. The van der Waals surface area contributed by atoms with Crippen LogP contribution in [0.4, 0.5) is 5.82 Å². The predicted molar refractivity (Wildman–Crippen MR) is 118 cm³/mol. The summed E-state index contributed by atoms with van der Waals surface area (Å²) in [6.07, 6.45) is 9.67. The van der Waals surface area contributed by atoms with Gasteiger partial charge in [-0.25, -0.2) is 4.98 Å². The molecule has 156 valence electrons. The molecule has 2 fully saturated rings. The molecule has 0 atom stereocenters. The molecule has 3 rings (SSSR count). The number of aromatic nitrogens is 1. The first-order valence-corrected chi connectivity index (χ1v) is 11.1. The van der Waals surface area contributed by atoms with Crippen molar-refractivity contribution in [3.05, 3.63) is 23.9 Å². The highest BCUT2D eigenvalue weighted by molar-refractivity contribution is 5.80. The summed E-state index contributed by atoms with van der Waals surface area (Å²) in [4.78, 5) is 14.3. The first-order chi connectivity index (χ1) is 13.7. The van der Waals surface area contributed by atoms with Crippen LogP contribution in [0.2, 0.25) is 0 Å². The molecule has 1 aromatic rings. The minimum atomic E-state index is 0.479. The Morgan fingerprint density at radius 3 is 2.61 bits per heavy atom. The van der Waals surface area contributed by atoms with Gasteiger partial charge >= 0.3 is 0 Å². The summed E-state index contributed by atoms with van der Waals surface area (Å²) >= 11 is 0. The molecule has 0 unspecified atom stereocenters. The van der Waals surface area contributed by atoms with Crippen molar-refractivity contribution >= 4 is 11.8 Å². The molecule has 28 heavy (non-hydrogen) atoms. The maximum Gasteiger partial charge on any atom is 0.191 e. The Morgan fingerprint density at radius 1 is 1.21 bits per heavy atom. The molecule has 2 heterocycles. The predicted octanol–water partition coefficient (Wildman–Crippen LogP) is 2.79. The fraction of sp³-hybridized carbons (Fsp3) is 0.727. The first-order valence-electron chi connectivity index (χ1n) is 11.1. The molecule has 0 amide bonds. The lowest BCUT2D eigenvalue weighted by atomic mass is 10.1. The number of guanidine groups is 1. The van der Waals surface area contributed by atoms with E-state index in [1.165, 1.54) is 31.2 Å². The van der Waals surface area contributed by atoms with Gasteiger partial charge in [0.25, 0.3) is 0 Å². The normalized spacial score (nSPS) is 19.4. The number of nitrogens with zero attached hydrogens (tertiary/aromatic N) is 4. The number of piperidine rings is 1. The summed E-state index contributed by atoms with van der Waals surface area (Å²) in [6, 6.07) is 5.53. The lowest BCUT2D eigenvalue weighted by Gasteiger charge is -2.34. The second-order valence-corrected chi connectivity index (χ2v) is 8.28. The van der Waals surface area contributed by atoms with Gasteiger partial charge in [0, 0.05) is 44.5 Å². The lowest BCUT2D eigenvalue weighted by molar-refractivity contribution is 0.252. The van der Waals surface area contributed by atoms with E-state index in [0.29, 0.717) is 6.04 Å². The summed E-state index contributed by atoms with van der Waals surface area (Å²) < 4.78 is 0. The van der Waals surface area contributed by atoms with Crippen LogP contribution in [0.15, 0.2) is 23.3 Å². The Kier molecular flexibility index (Phi) is 7.95. The van der Waals surface area contributed by atoms with E-state index >= 15 is 0 Å². The Labute approximate surface area is 170 Å². The van der Waals surface area contributed by atoms with Gasteiger partial charge in [-0.1, -0.05) is 18.9 Å². The van der Waals surface area contributed by atoms with Gasteiger partial charge in [0.15, 0.2) is 5.96 Å². The summed E-state index contributed by atoms with van der Waals surface area (Å²) in [5.74, 6) is 2.06. The molecule has 0 bridgehead atoms. The first kappa shape index (κ1) is 20.9. The number of aryl methyl sites for hydroxylation is 1. The minimum absolute atomic E-state index is 0.479. The third kappa shape index (κ3) is 6.09. The number of pyridine rings is 1. The van der Waals surface area contributed by atoms with Gasteiger partial charge in [-0.2, -0.15) is 0 Å². The second-order valence-electron chi connectivity index (χ2n) is 8.28. The standard InChI is InChI=1S/C22H38N6/c1-4-23-22(24-13-16-27(3)20-7-5-6-8-20)26-19-11-14-28(15-12-19)21-10-9-18(2)17-25-21/h9-10,17,19-20H,4-8,11-16H2,1-3H3,(H2,23,24,26). The molecule has 6 heteroatoms. The van der Waals surface area contributed by atoms with Crippen LogP contribution in [0, 0.1) is 6.92 Å². The van der Waals surface area contributed by atoms with E-state index in [0.717, 1.165) is 63.4 Å². The van der Waals surface area contributed by atoms with Crippen LogP contribution in [0.25, 0.3) is 0 Å². The number of likely N-dealkylation sites (N-methyl/N-ethyl adjacent to an activating group) is 1. The zero-order valence-corrected chi connectivity index (χ0v) is 18.0. The fourth-order valence-electron chi connectivity index (χ4n) is 4.26. The van der Waals surface area contributed by atoms with Crippen LogP contribution in [-0.4, -0.2) is 67.7 Å². The van der Waals surface area contributed by atoms with E-state index in [1.54, 1.807) is 0 Å². The molecule has 1 aliphatic carbocycles. The van der Waals surface area contributed by atoms with Crippen molar-refractivity contribution in [3.8, 4) is 0 Å². The maximum absolute atomic E-state index is 4.83. The molecule has 1 aliphatic heterocycles. The lowest BCUT2D eigenvalue weighted by Crippen LogP contribution is -2.49. The van der Waals surface area contributed by atoms with E-state index in [4.69, 9.17) is 4.99 Å². The van der Waals surface area contributed by atoms with Crippen molar-refractivity contribution in [1.82, 2.24) is 20.5 Å². The Morgan fingerprint density at radius 2 is 1.96 bits per heavy atom. The Balaban J connectivity index is 1.44. The van der Waals surface area contributed by atoms with E-state index in [-0.39, 0.29) is 0 Å². The second kappa shape index (κ2) is 10.6. The van der Waals surface area contributed by atoms with Crippen LogP contribution < -0.4 is 15.5 Å². The highest BCUT2D eigenvalue weighted by Gasteiger charge is 2.21. The minimum Gasteiger partial charge on any atom is -0.357 e. The molecular formula is C22H38N6. The average molecular weight is 387 g/mol. The summed E-state index contributed by atoms with van der Waals surface area (Å²) in [7, 11) is 2.25. The fourth-order valence-corrected chi connectivity index (χ4v) is 4.26. The molecule has 0 radical (unpaired) electrons. The van der Waals surface area contributed by atoms with Crippen molar-refractivity contribution in [1.29, 1.82) is 0 Å². The number of aliphatic imine (C=N–C) groups is 1. The van der Waals surface area contributed by atoms with E-state index < -0.39 is 0 Å². The molecule has 1 saturated carbocycles. The van der Waals surface area contributed by atoms with Gasteiger partial charge in [0.05, 0.1) is 6.54 Å². The number of nitrogens with one attached hydrogen (secondary N) is 2. The maximum atomic E-state index is 4.83. The zero-order chi connectivity index (χ0) is 19.8. The molecule has 2 N–H and O–H groups in total. The third-order valence-corrected chi connectivity index (χ3v) is 6.07. The van der Waals surface area contributed by atoms with E-state index in [2.05, 4.69) is 58.4 Å². The van der Waals surface area contributed by atoms with Gasteiger partial charge in [-0.15, -0.1) is 0 Å². The van der Waals surface area contributed by atoms with Gasteiger partial charge < -0.3 is 20.4 Å². The molecule has 1 aromatic heterocycles. The number of hydrogen-bond donors (Lipinski definition) is 2. The van der Waals surface area contributed by atoms with Crippen molar-refractivity contribution in [3.63, 3.8) is 0 Å². The molecule has 1 saturated heterocycles. The van der Waals surface area contributed by atoms with Crippen LogP contribution in [-0.2, 0) is 0 Å². The molecule has 2 aliphatic rings. The summed E-state index contributed by atoms with van der Waals surface area (Å²) in [6.45, 7) is 9.09. The van der Waals surface area contributed by atoms with Gasteiger partial charge in [0.2, 0.25) is 0 Å². The van der Waals surface area contributed by atoms with Crippen LogP contribution >= 0.6 is 0 Å². The SMILES string of the molecule is CCNC(=NCCN(C)C1CCCC1)NC1CCN(c2ccc(C)cn2)CC1. The van der Waals surface area contributed by atoms with Crippen LogP contribution in [0.5, 0.6) is 0 Å². The van der Waals surface area contributed by atoms with Crippen molar-refractivity contribution in [2.24, 2.45) is 4.99 Å². The monoisotopic (exact) mass is 386 g/mol. The highest BCUT2D eigenvalue weighted by atomic mass is 15.2. The number of hydrogen-bond acceptors (Lipinski definition) is 4. The van der Waals surface area contributed by atoms with E-state index in [1.807, 2.05) is 6.20 Å². The number of anilines is 1. The van der Waals surface area contributed by atoms with Gasteiger partial charge in [-0.3, -0.25) is 4.99 Å². The molecular weight excluding hydrogens is 348 g/mol. The summed E-state index contributed by atoms with van der Waals surface area (Å²) in [5.41, 5.74) is 1.21. The zero-order valence-electron chi connectivity index (χ0n) is 18.0. The molecule has 0 aromatic carbocycles. The summed E-state index contributed by atoms with van der Waals surface area (Å²) in [5, 5.41) is 7.07. The molecule has 6 nitrogen and oxygen atoms in total. The smallest absolute Gasteiger partial charge is 0.191 e. The van der Waals surface area contributed by atoms with Crippen LogP contribution in [0.3, 0.4) is 0 Å². The topological polar surface area (TPSA) is 55.8 Å². The van der Waals surface area contributed by atoms with Crippen molar-refractivity contribution in [2.75, 3.05) is 44.7 Å². The van der Waals surface area contributed by atoms with E-state index in [9.17, 15) is 0 Å².